The summed E-state index contributed by atoms with van der Waals surface area (Å²) < 4.78 is 2.14. The number of imidazole rings is 1. The van der Waals surface area contributed by atoms with Crippen LogP contribution in [0.3, 0.4) is 0 Å². The van der Waals surface area contributed by atoms with E-state index in [4.69, 9.17) is 4.98 Å². The number of aromatic nitrogens is 2. The van der Waals surface area contributed by atoms with Gasteiger partial charge in [0.05, 0.1) is 5.52 Å². The first-order valence-corrected chi connectivity index (χ1v) is 12.2. The number of anilines is 1. The lowest BCUT2D eigenvalue weighted by Gasteiger charge is -2.29. The fourth-order valence-corrected chi connectivity index (χ4v) is 5.18. The van der Waals surface area contributed by atoms with Gasteiger partial charge in [-0.2, -0.15) is 0 Å². The van der Waals surface area contributed by atoms with Crippen molar-refractivity contribution in [3.8, 4) is 11.3 Å². The van der Waals surface area contributed by atoms with Crippen molar-refractivity contribution in [1.29, 1.82) is 0 Å². The van der Waals surface area contributed by atoms with E-state index in [1.807, 2.05) is 36.4 Å². The van der Waals surface area contributed by atoms with Crippen molar-refractivity contribution in [2.75, 3.05) is 5.32 Å². The number of carbonyl (C=O) groups excluding carboxylic acids is 3. The molecule has 8 nitrogen and oxygen atoms in total. The highest BCUT2D eigenvalue weighted by atomic mass is 16.2. The summed E-state index contributed by atoms with van der Waals surface area (Å²) in [6.45, 7) is 6.66. The Labute approximate surface area is 208 Å². The third-order valence-corrected chi connectivity index (χ3v) is 6.78. The number of piperidine rings is 1. The second-order valence-electron chi connectivity index (χ2n) is 10.5. The Kier molecular flexibility index (Phi) is 4.90. The molecule has 2 aliphatic rings. The fraction of sp³-hybridized carbons (Fsp3) is 0.286. The quantitative estimate of drug-likeness (QED) is 0.429. The van der Waals surface area contributed by atoms with Crippen molar-refractivity contribution in [1.82, 2.24) is 19.6 Å². The number of nitrogens with zero attached hydrogens (tertiary/aromatic N) is 3. The molecule has 4 heterocycles. The number of rotatable bonds is 3. The van der Waals surface area contributed by atoms with Crippen LogP contribution in [0.5, 0.6) is 0 Å². The Hall–Kier alpha value is -4.20. The van der Waals surface area contributed by atoms with Gasteiger partial charge >= 0.3 is 0 Å². The molecule has 0 bridgehead atoms. The Morgan fingerprint density at radius 1 is 1.03 bits per heavy atom. The number of amides is 3. The lowest BCUT2D eigenvalue weighted by Crippen LogP contribution is -2.52. The first kappa shape index (κ1) is 22.3. The van der Waals surface area contributed by atoms with Crippen LogP contribution in [-0.4, -0.2) is 43.6 Å². The van der Waals surface area contributed by atoms with E-state index in [9.17, 15) is 14.4 Å². The van der Waals surface area contributed by atoms with Crippen LogP contribution in [0.1, 0.15) is 49.5 Å². The van der Waals surface area contributed by atoms with E-state index >= 15 is 0 Å². The molecular weight excluding hydrogens is 454 g/mol. The van der Waals surface area contributed by atoms with Crippen molar-refractivity contribution < 1.29 is 14.4 Å². The number of para-hydroxylation sites is 1. The average Bonchev–Trinajstić information content (AvgIpc) is 3.35. The van der Waals surface area contributed by atoms with Crippen LogP contribution >= 0.6 is 0 Å². The number of fused-ring (bicyclic) bond motifs is 4. The number of hydrogen-bond donors (Lipinski definition) is 2. The zero-order valence-corrected chi connectivity index (χ0v) is 20.5. The van der Waals surface area contributed by atoms with E-state index in [1.54, 1.807) is 4.90 Å². The Bertz CT molecular complexity index is 1580. The van der Waals surface area contributed by atoms with Gasteiger partial charge in [-0.1, -0.05) is 24.3 Å². The van der Waals surface area contributed by atoms with Gasteiger partial charge in [-0.15, -0.1) is 0 Å². The molecule has 4 aromatic rings. The Morgan fingerprint density at radius 3 is 2.61 bits per heavy atom. The third kappa shape index (κ3) is 3.61. The number of pyridine rings is 1. The highest BCUT2D eigenvalue weighted by Gasteiger charge is 2.39. The fourth-order valence-electron chi connectivity index (χ4n) is 5.18. The molecule has 1 unspecified atom stereocenters. The third-order valence-electron chi connectivity index (χ3n) is 6.78. The summed E-state index contributed by atoms with van der Waals surface area (Å²) in [5.41, 5.74) is 4.81. The summed E-state index contributed by atoms with van der Waals surface area (Å²) in [6, 6.07) is 17.4. The van der Waals surface area contributed by atoms with Gasteiger partial charge in [0.15, 0.2) is 0 Å². The smallest absolute Gasteiger partial charge is 0.255 e. The molecule has 2 aromatic carbocycles. The van der Waals surface area contributed by atoms with E-state index in [1.165, 1.54) is 0 Å². The van der Waals surface area contributed by atoms with Crippen LogP contribution < -0.4 is 10.6 Å². The number of carbonyl (C=O) groups is 3. The van der Waals surface area contributed by atoms with Crippen molar-refractivity contribution in [3.05, 3.63) is 65.7 Å². The van der Waals surface area contributed by atoms with Crippen LogP contribution in [-0.2, 0) is 16.1 Å². The van der Waals surface area contributed by atoms with Crippen LogP contribution in [0.25, 0.3) is 27.8 Å². The normalized spacial score (nSPS) is 18.1. The minimum atomic E-state index is -0.634. The highest BCUT2D eigenvalue weighted by Crippen LogP contribution is 2.36. The second-order valence-corrected chi connectivity index (χ2v) is 10.5. The minimum Gasteiger partial charge on any atom is -0.365 e. The van der Waals surface area contributed by atoms with Crippen molar-refractivity contribution in [2.45, 2.75) is 51.7 Å². The SMILES string of the molecule is CC(C)(C)Nc1c(-c2ccc3c(c2)CN(C2CCC(=O)NC2=O)C3=O)nc2ccc3ccccc3n12. The number of nitrogens with one attached hydrogen (secondary N) is 2. The molecule has 8 heteroatoms. The first-order valence-electron chi connectivity index (χ1n) is 12.2. The summed E-state index contributed by atoms with van der Waals surface area (Å²) in [7, 11) is 0. The Balaban J connectivity index is 1.45. The van der Waals surface area contributed by atoms with Gasteiger partial charge in [0.25, 0.3) is 5.91 Å². The largest absolute Gasteiger partial charge is 0.365 e. The second kappa shape index (κ2) is 7.91. The van der Waals surface area contributed by atoms with E-state index in [0.29, 0.717) is 18.5 Å². The summed E-state index contributed by atoms with van der Waals surface area (Å²) in [6.07, 6.45) is 0.579. The van der Waals surface area contributed by atoms with Crippen LogP contribution in [0, 0.1) is 0 Å². The number of imide groups is 1. The van der Waals surface area contributed by atoms with Crippen molar-refractivity contribution in [2.24, 2.45) is 0 Å². The molecule has 0 spiro atoms. The maximum Gasteiger partial charge on any atom is 0.255 e. The van der Waals surface area contributed by atoms with Gasteiger partial charge < -0.3 is 10.2 Å². The zero-order chi connectivity index (χ0) is 25.2. The Morgan fingerprint density at radius 2 is 1.83 bits per heavy atom. The van der Waals surface area contributed by atoms with E-state index < -0.39 is 11.9 Å². The van der Waals surface area contributed by atoms with E-state index in [2.05, 4.69) is 54.0 Å². The minimum absolute atomic E-state index is 0.180. The zero-order valence-electron chi connectivity index (χ0n) is 20.5. The molecule has 0 saturated carbocycles. The molecule has 3 amide bonds. The molecule has 2 aliphatic heterocycles. The van der Waals surface area contributed by atoms with E-state index in [-0.39, 0.29) is 23.8 Å². The highest BCUT2D eigenvalue weighted by molar-refractivity contribution is 6.05. The van der Waals surface area contributed by atoms with Gasteiger partial charge in [0.2, 0.25) is 11.8 Å². The summed E-state index contributed by atoms with van der Waals surface area (Å²) in [5, 5.41) is 7.12. The number of hydrogen-bond acceptors (Lipinski definition) is 5. The summed E-state index contributed by atoms with van der Waals surface area (Å²) in [5.74, 6) is 0.0122. The standard InChI is InChI=1S/C28H27N5O3/c1-28(2,3)31-25-24(29-22-12-9-16-6-4-5-7-20(16)33(22)25)17-8-10-19-18(14-17)15-32(27(19)36)21-11-13-23(34)30-26(21)35/h4-10,12,14,21,31H,11,13,15H2,1-3H3,(H,30,34,35). The molecule has 1 fully saturated rings. The predicted octanol–water partition coefficient (Wildman–Crippen LogP) is 4.13. The van der Waals surface area contributed by atoms with Gasteiger partial charge in [-0.25, -0.2) is 4.98 Å². The molecular formula is C28H27N5O3. The lowest BCUT2D eigenvalue weighted by atomic mass is 10.0. The predicted molar refractivity (Wildman–Crippen MR) is 138 cm³/mol. The van der Waals surface area contributed by atoms with Gasteiger partial charge in [0.1, 0.15) is 23.2 Å². The lowest BCUT2D eigenvalue weighted by molar-refractivity contribution is -0.136. The summed E-state index contributed by atoms with van der Waals surface area (Å²) >= 11 is 0. The molecule has 36 heavy (non-hydrogen) atoms. The maximum atomic E-state index is 13.1. The molecule has 6 rings (SSSR count). The van der Waals surface area contributed by atoms with Gasteiger partial charge in [-0.05, 0) is 68.5 Å². The van der Waals surface area contributed by atoms with Crippen molar-refractivity contribution in [3.63, 3.8) is 0 Å². The monoisotopic (exact) mass is 481 g/mol. The summed E-state index contributed by atoms with van der Waals surface area (Å²) in [4.78, 5) is 43.7. The van der Waals surface area contributed by atoms with Gasteiger partial charge in [0, 0.05) is 29.6 Å². The van der Waals surface area contributed by atoms with Crippen LogP contribution in [0.4, 0.5) is 5.82 Å². The first-order chi connectivity index (χ1) is 17.2. The molecule has 1 saturated heterocycles. The van der Waals surface area contributed by atoms with Crippen LogP contribution in [0.15, 0.2) is 54.6 Å². The van der Waals surface area contributed by atoms with Crippen molar-refractivity contribution >= 4 is 40.1 Å². The maximum absolute atomic E-state index is 13.1. The number of benzene rings is 2. The molecule has 2 N–H and O–H groups in total. The molecule has 182 valence electrons. The van der Waals surface area contributed by atoms with E-state index in [0.717, 1.165) is 39.2 Å². The molecule has 0 aliphatic carbocycles. The molecule has 2 aromatic heterocycles. The molecule has 1 atom stereocenters. The average molecular weight is 482 g/mol. The van der Waals surface area contributed by atoms with Crippen LogP contribution in [0.2, 0.25) is 0 Å². The molecule has 0 radical (unpaired) electrons. The van der Waals surface area contributed by atoms with Gasteiger partial charge in [-0.3, -0.25) is 24.1 Å². The topological polar surface area (TPSA) is 95.8 Å².